The molecule has 1 saturated heterocycles. The first kappa shape index (κ1) is 24.4. The highest BCUT2D eigenvalue weighted by Crippen LogP contribution is 2.24. The van der Waals surface area contributed by atoms with Crippen LogP contribution in [0.15, 0.2) is 59.6 Å². The number of hydrogen-bond acceptors (Lipinski definition) is 4. The second-order valence-corrected chi connectivity index (χ2v) is 7.03. The van der Waals surface area contributed by atoms with Crippen molar-refractivity contribution in [1.82, 2.24) is 10.6 Å². The van der Waals surface area contributed by atoms with E-state index in [0.29, 0.717) is 12.5 Å². The summed E-state index contributed by atoms with van der Waals surface area (Å²) >= 11 is 0. The summed E-state index contributed by atoms with van der Waals surface area (Å²) in [4.78, 5) is 4.29. The van der Waals surface area contributed by atoms with Crippen LogP contribution < -0.4 is 15.4 Å². The van der Waals surface area contributed by atoms with Gasteiger partial charge in [0.2, 0.25) is 0 Å². The highest BCUT2D eigenvalue weighted by molar-refractivity contribution is 14.0. The van der Waals surface area contributed by atoms with E-state index in [4.69, 9.17) is 14.2 Å². The van der Waals surface area contributed by atoms with E-state index in [-0.39, 0.29) is 24.0 Å². The number of ether oxygens (including phenoxy) is 3. The summed E-state index contributed by atoms with van der Waals surface area (Å²) in [6, 6.07) is 17.8. The maximum absolute atomic E-state index is 6.02. The molecule has 0 aromatic heterocycles. The van der Waals surface area contributed by atoms with Gasteiger partial charge in [0.15, 0.2) is 5.96 Å². The number of aliphatic imine (C=N–C) groups is 1. The second kappa shape index (κ2) is 14.2. The Bertz CT molecular complexity index is 752. The van der Waals surface area contributed by atoms with Crippen LogP contribution >= 0.6 is 24.0 Å². The number of halogens is 1. The molecule has 164 valence electrons. The minimum absolute atomic E-state index is 0. The fourth-order valence-corrected chi connectivity index (χ4v) is 3.11. The van der Waals surface area contributed by atoms with Crippen LogP contribution in [0.3, 0.4) is 0 Å². The zero-order valence-electron chi connectivity index (χ0n) is 17.5. The van der Waals surface area contributed by atoms with Gasteiger partial charge in [0.1, 0.15) is 11.5 Å². The van der Waals surface area contributed by atoms with Crippen LogP contribution in [0.5, 0.6) is 11.5 Å². The number of guanidine groups is 1. The monoisotopic (exact) mass is 525 g/mol. The van der Waals surface area contributed by atoms with E-state index >= 15 is 0 Å². The van der Waals surface area contributed by atoms with Crippen LogP contribution in [-0.4, -0.2) is 46.0 Å². The van der Waals surface area contributed by atoms with Crippen LogP contribution in [0.25, 0.3) is 0 Å². The molecule has 0 amide bonds. The van der Waals surface area contributed by atoms with E-state index in [2.05, 4.69) is 21.7 Å². The van der Waals surface area contributed by atoms with E-state index in [0.717, 1.165) is 68.8 Å². The maximum atomic E-state index is 6.02. The molecular formula is C23H32IN3O3. The molecule has 0 bridgehead atoms. The van der Waals surface area contributed by atoms with Crippen LogP contribution in [0, 0.1) is 5.92 Å². The molecule has 2 aromatic carbocycles. The van der Waals surface area contributed by atoms with Crippen molar-refractivity contribution >= 4 is 29.9 Å². The first-order valence-electron chi connectivity index (χ1n) is 10.3. The summed E-state index contributed by atoms with van der Waals surface area (Å²) in [6.45, 7) is 4.69. The van der Waals surface area contributed by atoms with Crippen molar-refractivity contribution in [3.63, 3.8) is 0 Å². The van der Waals surface area contributed by atoms with E-state index in [9.17, 15) is 0 Å². The molecule has 3 rings (SSSR count). The highest BCUT2D eigenvalue weighted by Gasteiger charge is 2.15. The van der Waals surface area contributed by atoms with Gasteiger partial charge >= 0.3 is 0 Å². The standard InChI is InChI=1S/C23H31N3O3.HI/c1-24-23(25-13-7-14-27-17-19-12-15-28-18-19)26-16-20-8-5-6-11-22(20)29-21-9-3-2-4-10-21;/h2-6,8-11,19H,7,12-18H2,1H3,(H2,24,25,26);1H. The zero-order chi connectivity index (χ0) is 20.2. The van der Waals surface area contributed by atoms with Gasteiger partial charge in [0, 0.05) is 44.8 Å². The first-order valence-corrected chi connectivity index (χ1v) is 10.3. The zero-order valence-corrected chi connectivity index (χ0v) is 19.8. The Morgan fingerprint density at radius 1 is 1.10 bits per heavy atom. The summed E-state index contributed by atoms with van der Waals surface area (Å²) < 4.78 is 17.1. The van der Waals surface area contributed by atoms with Crippen molar-refractivity contribution in [3.8, 4) is 11.5 Å². The lowest BCUT2D eigenvalue weighted by Gasteiger charge is -2.15. The fourth-order valence-electron chi connectivity index (χ4n) is 3.11. The first-order chi connectivity index (χ1) is 14.3. The van der Waals surface area contributed by atoms with Crippen LogP contribution in [-0.2, 0) is 16.0 Å². The predicted molar refractivity (Wildman–Crippen MR) is 131 cm³/mol. The largest absolute Gasteiger partial charge is 0.457 e. The van der Waals surface area contributed by atoms with Crippen molar-refractivity contribution in [2.24, 2.45) is 10.9 Å². The highest BCUT2D eigenvalue weighted by atomic mass is 127. The molecule has 7 heteroatoms. The molecule has 6 nitrogen and oxygen atoms in total. The van der Waals surface area contributed by atoms with Crippen molar-refractivity contribution < 1.29 is 14.2 Å². The molecule has 1 unspecified atom stereocenters. The number of rotatable bonds is 10. The van der Waals surface area contributed by atoms with Gasteiger partial charge in [-0.1, -0.05) is 36.4 Å². The van der Waals surface area contributed by atoms with Crippen molar-refractivity contribution in [2.45, 2.75) is 19.4 Å². The normalized spacial score (nSPS) is 16.0. The Hall–Kier alpha value is -1.84. The molecule has 2 aromatic rings. The van der Waals surface area contributed by atoms with Crippen molar-refractivity contribution in [1.29, 1.82) is 0 Å². The third kappa shape index (κ3) is 8.49. The Kier molecular flexibility index (Phi) is 11.6. The molecule has 1 aliphatic heterocycles. The van der Waals surface area contributed by atoms with Gasteiger partial charge < -0.3 is 24.8 Å². The molecule has 0 spiro atoms. The third-order valence-corrected chi connectivity index (χ3v) is 4.75. The molecule has 1 heterocycles. The Balaban J connectivity index is 0.00000320. The third-order valence-electron chi connectivity index (χ3n) is 4.75. The summed E-state index contributed by atoms with van der Waals surface area (Å²) in [5.74, 6) is 3.00. The number of benzene rings is 2. The molecule has 30 heavy (non-hydrogen) atoms. The average molecular weight is 525 g/mol. The van der Waals surface area contributed by atoms with Crippen LogP contribution in [0.2, 0.25) is 0 Å². The van der Waals surface area contributed by atoms with Gasteiger partial charge in [-0.3, -0.25) is 4.99 Å². The van der Waals surface area contributed by atoms with E-state index in [1.807, 2.05) is 48.5 Å². The molecule has 1 atom stereocenters. The van der Waals surface area contributed by atoms with Gasteiger partial charge in [0.05, 0.1) is 13.2 Å². The second-order valence-electron chi connectivity index (χ2n) is 7.03. The van der Waals surface area contributed by atoms with Crippen LogP contribution in [0.4, 0.5) is 0 Å². The van der Waals surface area contributed by atoms with Gasteiger partial charge in [-0.25, -0.2) is 0 Å². The number of hydrogen-bond donors (Lipinski definition) is 2. The molecule has 0 radical (unpaired) electrons. The fraction of sp³-hybridized carbons (Fsp3) is 0.435. The Morgan fingerprint density at radius 3 is 2.67 bits per heavy atom. The minimum atomic E-state index is 0. The maximum Gasteiger partial charge on any atom is 0.191 e. The van der Waals surface area contributed by atoms with E-state index < -0.39 is 0 Å². The predicted octanol–water partition coefficient (Wildman–Crippen LogP) is 4.21. The Labute approximate surface area is 196 Å². The van der Waals surface area contributed by atoms with Crippen molar-refractivity contribution in [2.75, 3.05) is 40.0 Å². The lowest BCUT2D eigenvalue weighted by molar-refractivity contribution is 0.0888. The average Bonchev–Trinajstić information content (AvgIpc) is 3.28. The number of nitrogens with one attached hydrogen (secondary N) is 2. The van der Waals surface area contributed by atoms with E-state index in [1.165, 1.54) is 0 Å². The number of nitrogens with zero attached hydrogens (tertiary/aromatic N) is 1. The quantitative estimate of drug-likeness (QED) is 0.211. The number of para-hydroxylation sites is 2. The molecule has 2 N–H and O–H groups in total. The topological polar surface area (TPSA) is 64.1 Å². The minimum Gasteiger partial charge on any atom is -0.457 e. The lowest BCUT2D eigenvalue weighted by atomic mass is 10.1. The van der Waals surface area contributed by atoms with E-state index in [1.54, 1.807) is 7.05 Å². The Morgan fingerprint density at radius 2 is 1.90 bits per heavy atom. The molecular weight excluding hydrogens is 493 g/mol. The van der Waals surface area contributed by atoms with Gasteiger partial charge in [-0.05, 0) is 31.0 Å². The molecule has 1 fully saturated rings. The van der Waals surface area contributed by atoms with Crippen molar-refractivity contribution in [3.05, 3.63) is 60.2 Å². The molecule has 0 saturated carbocycles. The molecule has 0 aliphatic carbocycles. The van der Waals surface area contributed by atoms with Gasteiger partial charge in [-0.2, -0.15) is 0 Å². The van der Waals surface area contributed by atoms with Gasteiger partial charge in [-0.15, -0.1) is 24.0 Å². The summed E-state index contributed by atoms with van der Waals surface area (Å²) in [5.41, 5.74) is 1.07. The van der Waals surface area contributed by atoms with Crippen LogP contribution in [0.1, 0.15) is 18.4 Å². The molecule has 1 aliphatic rings. The summed E-state index contributed by atoms with van der Waals surface area (Å²) in [7, 11) is 1.78. The smallest absolute Gasteiger partial charge is 0.191 e. The lowest BCUT2D eigenvalue weighted by Crippen LogP contribution is -2.37. The summed E-state index contributed by atoms with van der Waals surface area (Å²) in [6.07, 6.45) is 2.05. The SMILES string of the molecule is CN=C(NCCCOCC1CCOC1)NCc1ccccc1Oc1ccccc1.I. The van der Waals surface area contributed by atoms with Gasteiger partial charge in [0.25, 0.3) is 0 Å². The summed E-state index contributed by atoms with van der Waals surface area (Å²) in [5, 5.41) is 6.68.